The first-order valence-electron chi connectivity index (χ1n) is 12.9. The van der Waals surface area contributed by atoms with E-state index >= 15 is 0 Å². The molecule has 4 aliphatic carbocycles. The van der Waals surface area contributed by atoms with Gasteiger partial charge in [0, 0.05) is 5.92 Å². The quantitative estimate of drug-likeness (QED) is 0.495. The van der Waals surface area contributed by atoms with Crippen LogP contribution in [0.3, 0.4) is 0 Å². The molecule has 3 saturated carbocycles. The van der Waals surface area contributed by atoms with E-state index in [0.717, 1.165) is 51.4 Å². The average molecular weight is 431 g/mol. The molecule has 176 valence electrons. The van der Waals surface area contributed by atoms with Crippen LogP contribution in [-0.2, 0) is 0 Å². The van der Waals surface area contributed by atoms with Gasteiger partial charge in [-0.2, -0.15) is 0 Å². The van der Waals surface area contributed by atoms with Crippen LogP contribution in [0, 0.1) is 40.4 Å². The van der Waals surface area contributed by atoms with E-state index in [1.807, 2.05) is 6.92 Å². The normalized spacial score (nSPS) is 46.5. The summed E-state index contributed by atoms with van der Waals surface area (Å²) in [5.74, 6) is 1.81. The Balaban J connectivity index is 1.59. The number of aliphatic hydroxyl groups excluding tert-OH is 2. The highest BCUT2D eigenvalue weighted by Gasteiger charge is 2.63. The molecule has 3 N–H and O–H groups in total. The molecule has 3 heteroatoms. The molecule has 0 aromatic heterocycles. The minimum absolute atomic E-state index is 0.0538. The molecule has 0 aliphatic heterocycles. The molecule has 0 bridgehead atoms. The molecular formula is C28H46O3. The molecular weight excluding hydrogens is 384 g/mol. The monoisotopic (exact) mass is 430 g/mol. The summed E-state index contributed by atoms with van der Waals surface area (Å²) in [6.45, 7) is 15.4. The van der Waals surface area contributed by atoms with Crippen molar-refractivity contribution in [1.82, 2.24) is 0 Å². The third-order valence-corrected chi connectivity index (χ3v) is 10.6. The summed E-state index contributed by atoms with van der Waals surface area (Å²) >= 11 is 0. The van der Waals surface area contributed by atoms with Crippen LogP contribution in [0.15, 0.2) is 23.8 Å². The lowest BCUT2D eigenvalue weighted by Crippen LogP contribution is -2.52. The van der Waals surface area contributed by atoms with Gasteiger partial charge in [-0.25, -0.2) is 0 Å². The van der Waals surface area contributed by atoms with Crippen LogP contribution in [0.1, 0.15) is 92.4 Å². The fourth-order valence-corrected chi connectivity index (χ4v) is 8.39. The summed E-state index contributed by atoms with van der Waals surface area (Å²) in [4.78, 5) is 0. The van der Waals surface area contributed by atoms with Crippen LogP contribution in [-0.4, -0.2) is 33.1 Å². The fourth-order valence-electron chi connectivity index (χ4n) is 8.39. The first-order valence-corrected chi connectivity index (χ1v) is 12.9. The lowest BCUT2D eigenvalue weighted by molar-refractivity contribution is -0.0839. The summed E-state index contributed by atoms with van der Waals surface area (Å²) in [5.41, 5.74) is 2.10. The van der Waals surface area contributed by atoms with Crippen molar-refractivity contribution in [2.75, 3.05) is 0 Å². The summed E-state index contributed by atoms with van der Waals surface area (Å²) in [6, 6.07) is 0. The van der Waals surface area contributed by atoms with E-state index in [9.17, 15) is 15.3 Å². The molecule has 3 fully saturated rings. The summed E-state index contributed by atoms with van der Waals surface area (Å²) < 4.78 is 0. The van der Waals surface area contributed by atoms with Crippen LogP contribution >= 0.6 is 0 Å². The van der Waals surface area contributed by atoms with Crippen LogP contribution < -0.4 is 0 Å². The maximum Gasteiger partial charge on any atom is 0.0657 e. The van der Waals surface area contributed by atoms with E-state index in [2.05, 4.69) is 40.3 Å². The zero-order chi connectivity index (χ0) is 22.8. The standard InChI is InChI=1S/C28H46O3/c1-17(2)18(3)9-14-28(6,31)24-16-23(30)25-21-8-7-19-15-20(29)10-12-26(19,4)22(21)11-13-27(24,25)5/h8,17,19-20,22-25,29-31H,3,7,9-16H2,1-2,4-6H3. The Morgan fingerprint density at radius 3 is 2.52 bits per heavy atom. The van der Waals surface area contributed by atoms with Gasteiger partial charge in [0.25, 0.3) is 0 Å². The maximum atomic E-state index is 11.6. The number of fused-ring (bicyclic) bond motifs is 5. The van der Waals surface area contributed by atoms with E-state index in [1.54, 1.807) is 0 Å². The van der Waals surface area contributed by atoms with Gasteiger partial charge in [0.15, 0.2) is 0 Å². The lowest BCUT2D eigenvalue weighted by Gasteiger charge is -2.58. The minimum atomic E-state index is -0.786. The van der Waals surface area contributed by atoms with Crippen molar-refractivity contribution in [2.45, 2.75) is 110 Å². The van der Waals surface area contributed by atoms with E-state index in [1.165, 1.54) is 11.1 Å². The van der Waals surface area contributed by atoms with Gasteiger partial charge in [0.05, 0.1) is 17.8 Å². The van der Waals surface area contributed by atoms with Gasteiger partial charge in [-0.05, 0) is 99.2 Å². The zero-order valence-electron chi connectivity index (χ0n) is 20.5. The van der Waals surface area contributed by atoms with Crippen molar-refractivity contribution >= 4 is 0 Å². The Kier molecular flexibility index (Phi) is 6.06. The van der Waals surface area contributed by atoms with E-state index in [-0.39, 0.29) is 34.9 Å². The highest BCUT2D eigenvalue weighted by atomic mass is 16.3. The highest BCUT2D eigenvalue weighted by molar-refractivity contribution is 5.30. The van der Waals surface area contributed by atoms with Gasteiger partial charge in [0.2, 0.25) is 0 Å². The summed E-state index contributed by atoms with van der Waals surface area (Å²) in [5, 5.41) is 33.2. The SMILES string of the molecule is C=C(CCC(C)(O)C1CC(O)C2C3=CCC4CC(O)CCC4(C)C3CCC21C)C(C)C. The molecule has 4 rings (SSSR count). The zero-order valence-corrected chi connectivity index (χ0v) is 20.5. The third kappa shape index (κ3) is 3.77. The minimum Gasteiger partial charge on any atom is -0.393 e. The Morgan fingerprint density at radius 2 is 1.84 bits per heavy atom. The average Bonchev–Trinajstić information content (AvgIpc) is 2.98. The topological polar surface area (TPSA) is 60.7 Å². The number of aliphatic hydroxyl groups is 3. The largest absolute Gasteiger partial charge is 0.393 e. The maximum absolute atomic E-state index is 11.6. The molecule has 0 aromatic carbocycles. The van der Waals surface area contributed by atoms with Crippen molar-refractivity contribution in [2.24, 2.45) is 40.4 Å². The number of rotatable bonds is 5. The summed E-state index contributed by atoms with van der Waals surface area (Å²) in [6.07, 6.45) is 10.4. The number of hydrogen-bond acceptors (Lipinski definition) is 3. The van der Waals surface area contributed by atoms with Crippen molar-refractivity contribution in [3.8, 4) is 0 Å². The molecule has 9 atom stereocenters. The van der Waals surface area contributed by atoms with Gasteiger partial charge in [0.1, 0.15) is 0 Å². The second-order valence-electron chi connectivity index (χ2n) is 12.7. The van der Waals surface area contributed by atoms with E-state index in [0.29, 0.717) is 24.2 Å². The number of allylic oxidation sites excluding steroid dienone is 2. The molecule has 3 nitrogen and oxygen atoms in total. The van der Waals surface area contributed by atoms with E-state index in [4.69, 9.17) is 0 Å². The fraction of sp³-hybridized carbons (Fsp3) is 0.857. The number of hydrogen-bond donors (Lipinski definition) is 3. The molecule has 9 unspecified atom stereocenters. The Labute approximate surface area is 190 Å². The second-order valence-corrected chi connectivity index (χ2v) is 12.7. The van der Waals surface area contributed by atoms with Gasteiger partial charge in [-0.15, -0.1) is 0 Å². The molecule has 0 spiro atoms. The van der Waals surface area contributed by atoms with Crippen LogP contribution in [0.2, 0.25) is 0 Å². The lowest BCUT2D eigenvalue weighted by atomic mass is 9.47. The predicted molar refractivity (Wildman–Crippen MR) is 126 cm³/mol. The van der Waals surface area contributed by atoms with Gasteiger partial charge < -0.3 is 15.3 Å². The van der Waals surface area contributed by atoms with Crippen LogP contribution in [0.5, 0.6) is 0 Å². The molecule has 0 amide bonds. The highest BCUT2D eigenvalue weighted by Crippen LogP contribution is 2.67. The first kappa shape index (κ1) is 23.5. The van der Waals surface area contributed by atoms with Gasteiger partial charge in [-0.1, -0.05) is 51.5 Å². The van der Waals surface area contributed by atoms with Crippen molar-refractivity contribution in [1.29, 1.82) is 0 Å². The smallest absolute Gasteiger partial charge is 0.0657 e. The van der Waals surface area contributed by atoms with Gasteiger partial charge >= 0.3 is 0 Å². The molecule has 0 heterocycles. The Morgan fingerprint density at radius 1 is 1.16 bits per heavy atom. The van der Waals surface area contributed by atoms with Crippen molar-refractivity contribution < 1.29 is 15.3 Å². The van der Waals surface area contributed by atoms with Crippen LogP contribution in [0.4, 0.5) is 0 Å². The van der Waals surface area contributed by atoms with E-state index < -0.39 is 5.60 Å². The first-order chi connectivity index (χ1) is 14.4. The molecule has 4 aliphatic rings. The molecule has 0 saturated heterocycles. The van der Waals surface area contributed by atoms with Crippen molar-refractivity contribution in [3.05, 3.63) is 23.8 Å². The molecule has 0 aromatic rings. The molecule has 0 radical (unpaired) electrons. The van der Waals surface area contributed by atoms with Gasteiger partial charge in [-0.3, -0.25) is 0 Å². The Bertz CT molecular complexity index is 737. The Hall–Kier alpha value is -0.640. The van der Waals surface area contributed by atoms with Crippen molar-refractivity contribution in [3.63, 3.8) is 0 Å². The summed E-state index contributed by atoms with van der Waals surface area (Å²) in [7, 11) is 0. The predicted octanol–water partition coefficient (Wildman–Crippen LogP) is 5.64. The third-order valence-electron chi connectivity index (χ3n) is 10.6. The second kappa shape index (κ2) is 7.99. The molecule has 31 heavy (non-hydrogen) atoms. The van der Waals surface area contributed by atoms with Crippen LogP contribution in [0.25, 0.3) is 0 Å².